The molecule has 0 saturated carbocycles. The van der Waals surface area contributed by atoms with Crippen molar-refractivity contribution in [3.8, 4) is 0 Å². The van der Waals surface area contributed by atoms with Crippen molar-refractivity contribution in [3.05, 3.63) is 47.5 Å². The van der Waals surface area contributed by atoms with E-state index in [-0.39, 0.29) is 49.6 Å². The van der Waals surface area contributed by atoms with Crippen LogP contribution in [0.2, 0.25) is 0 Å². The van der Waals surface area contributed by atoms with Gasteiger partial charge in [-0.3, -0.25) is 14.4 Å². The molecule has 2 N–H and O–H groups in total. The lowest BCUT2D eigenvalue weighted by Gasteiger charge is -2.34. The van der Waals surface area contributed by atoms with Gasteiger partial charge in [0, 0.05) is 38.6 Å². The summed E-state index contributed by atoms with van der Waals surface area (Å²) in [5.41, 5.74) is -0.0668. The fourth-order valence-corrected chi connectivity index (χ4v) is 4.39. The molecule has 2 aromatic heterocycles. The zero-order chi connectivity index (χ0) is 19.6. The maximum absolute atomic E-state index is 12.9. The van der Waals surface area contributed by atoms with E-state index in [0.29, 0.717) is 5.52 Å². The highest BCUT2D eigenvalue weighted by atomic mass is 32.2. The second-order valence-corrected chi connectivity index (χ2v) is 7.73. The van der Waals surface area contributed by atoms with Gasteiger partial charge in [-0.1, -0.05) is 6.58 Å². The highest BCUT2D eigenvalue weighted by Gasteiger charge is 2.30. The lowest BCUT2D eigenvalue weighted by molar-refractivity contribution is -0.133. The molecule has 3 rings (SSSR count). The Morgan fingerprint density at radius 1 is 1.22 bits per heavy atom. The number of aromatic amines is 1. The average molecular weight is 393 g/mol. The summed E-state index contributed by atoms with van der Waals surface area (Å²) in [5, 5.41) is 2.69. The lowest BCUT2D eigenvalue weighted by Crippen LogP contribution is -2.53. The molecule has 1 aliphatic rings. The van der Waals surface area contributed by atoms with Crippen LogP contribution in [-0.4, -0.2) is 71.1 Å². The van der Waals surface area contributed by atoms with Gasteiger partial charge in [-0.2, -0.15) is 12.7 Å². The topological polar surface area (TPSA) is 125 Å². The van der Waals surface area contributed by atoms with E-state index >= 15 is 0 Å². The number of hydrogen-bond acceptors (Lipinski definition) is 5. The third-order valence-electron chi connectivity index (χ3n) is 4.36. The molecule has 0 atom stereocenters. The third kappa shape index (κ3) is 3.64. The van der Waals surface area contributed by atoms with Gasteiger partial charge in [0.2, 0.25) is 11.8 Å². The van der Waals surface area contributed by atoms with Crippen LogP contribution in [0.4, 0.5) is 0 Å². The van der Waals surface area contributed by atoms with Crippen LogP contribution in [0.5, 0.6) is 0 Å². The van der Waals surface area contributed by atoms with E-state index < -0.39 is 16.1 Å². The first-order valence-corrected chi connectivity index (χ1v) is 9.61. The summed E-state index contributed by atoms with van der Waals surface area (Å²) < 4.78 is 28.2. The van der Waals surface area contributed by atoms with Crippen LogP contribution in [-0.2, 0) is 19.8 Å². The molecule has 0 bridgehead atoms. The molecule has 1 fully saturated rings. The highest BCUT2D eigenvalue weighted by molar-refractivity contribution is 7.87. The summed E-state index contributed by atoms with van der Waals surface area (Å²) >= 11 is 0. The molecular formula is C16H19N5O5S. The fourth-order valence-electron chi connectivity index (χ4n) is 2.90. The number of rotatable bonds is 5. The van der Waals surface area contributed by atoms with Gasteiger partial charge in [-0.05, 0) is 18.2 Å². The van der Waals surface area contributed by atoms with E-state index in [9.17, 15) is 22.8 Å². The largest absolute Gasteiger partial charge is 0.343 e. The van der Waals surface area contributed by atoms with E-state index in [0.717, 1.165) is 10.0 Å². The van der Waals surface area contributed by atoms with Crippen LogP contribution in [0.1, 0.15) is 0 Å². The van der Waals surface area contributed by atoms with Crippen molar-refractivity contribution >= 4 is 32.9 Å². The molecule has 2 aromatic rings. The van der Waals surface area contributed by atoms with Crippen molar-refractivity contribution in [1.29, 1.82) is 0 Å². The Hall–Kier alpha value is -2.92. The Morgan fingerprint density at radius 3 is 2.59 bits per heavy atom. The molecule has 2 amide bonds. The molecule has 1 aliphatic heterocycles. The van der Waals surface area contributed by atoms with Crippen LogP contribution in [0.3, 0.4) is 0 Å². The number of carbonyl (C=O) groups excluding carboxylic acids is 2. The number of fused-ring (bicyclic) bond motifs is 1. The molecule has 144 valence electrons. The zero-order valence-corrected chi connectivity index (χ0v) is 15.2. The molecule has 0 unspecified atom stereocenters. The first kappa shape index (κ1) is 18.9. The van der Waals surface area contributed by atoms with E-state index in [1.807, 2.05) is 0 Å². The first-order valence-electron chi connectivity index (χ1n) is 8.22. The van der Waals surface area contributed by atoms with Crippen molar-refractivity contribution in [2.24, 2.45) is 0 Å². The van der Waals surface area contributed by atoms with Crippen molar-refractivity contribution in [3.63, 3.8) is 0 Å². The Bertz CT molecular complexity index is 1050. The number of nitrogens with one attached hydrogen (secondary N) is 2. The minimum Gasteiger partial charge on any atom is -0.343 e. The second kappa shape index (κ2) is 7.37. The van der Waals surface area contributed by atoms with Crippen LogP contribution < -0.4 is 10.9 Å². The molecule has 0 spiro atoms. The average Bonchev–Trinajstić information content (AvgIpc) is 3.12. The van der Waals surface area contributed by atoms with Crippen molar-refractivity contribution in [2.45, 2.75) is 0 Å². The molecule has 0 aromatic carbocycles. The number of amides is 2. The fraction of sp³-hybridized carbons (Fsp3) is 0.312. The number of nitrogens with zero attached hydrogens (tertiary/aromatic N) is 3. The quantitative estimate of drug-likeness (QED) is 0.622. The zero-order valence-electron chi connectivity index (χ0n) is 14.4. The summed E-state index contributed by atoms with van der Waals surface area (Å²) in [6, 6.07) is 2.98. The number of piperazine rings is 1. The van der Waals surface area contributed by atoms with Gasteiger partial charge in [0.15, 0.2) is 0 Å². The molecule has 11 heteroatoms. The Balaban J connectivity index is 1.70. The number of carbonyl (C=O) groups is 2. The Kier molecular flexibility index (Phi) is 5.15. The number of H-pyrrole nitrogens is 1. The summed E-state index contributed by atoms with van der Waals surface area (Å²) in [4.78, 5) is 39.0. The van der Waals surface area contributed by atoms with Crippen LogP contribution in [0, 0.1) is 0 Å². The molecule has 0 aliphatic carbocycles. The Morgan fingerprint density at radius 2 is 1.93 bits per heavy atom. The van der Waals surface area contributed by atoms with Crippen LogP contribution in [0.25, 0.3) is 10.9 Å². The summed E-state index contributed by atoms with van der Waals surface area (Å²) in [7, 11) is -3.86. The minimum absolute atomic E-state index is 0.117. The lowest BCUT2D eigenvalue weighted by atomic mass is 10.3. The number of pyridine rings is 1. The maximum atomic E-state index is 12.9. The normalized spacial score (nSPS) is 15.6. The standard InChI is InChI=1S/C16H19N5O5S/c1-2-14(22)18-11-15(23)19-7-9-20(10-8-19)27(25,26)21-6-4-12-13(21)3-5-17-16(12)24/h2-6H,1,7-11H2,(H,17,24)(H,18,22). The maximum Gasteiger partial charge on any atom is 0.308 e. The van der Waals surface area contributed by atoms with Gasteiger partial charge >= 0.3 is 10.2 Å². The molecular weight excluding hydrogens is 374 g/mol. The molecule has 1 saturated heterocycles. The predicted octanol–water partition coefficient (Wildman–Crippen LogP) is -1.13. The smallest absolute Gasteiger partial charge is 0.308 e. The van der Waals surface area contributed by atoms with E-state index in [4.69, 9.17) is 0 Å². The van der Waals surface area contributed by atoms with Gasteiger partial charge in [0.05, 0.1) is 17.4 Å². The highest BCUT2D eigenvalue weighted by Crippen LogP contribution is 2.17. The first-order chi connectivity index (χ1) is 12.8. The SMILES string of the molecule is C=CC(=O)NCC(=O)N1CCN(S(=O)(=O)n2ccc3c(=O)[nH]ccc32)CC1. The number of hydrogen-bond donors (Lipinski definition) is 2. The van der Waals surface area contributed by atoms with E-state index in [2.05, 4.69) is 16.9 Å². The van der Waals surface area contributed by atoms with Crippen molar-refractivity contribution in [1.82, 2.24) is 23.5 Å². The summed E-state index contributed by atoms with van der Waals surface area (Å²) in [6.07, 6.45) is 3.81. The number of aromatic nitrogens is 2. The molecule has 3 heterocycles. The van der Waals surface area contributed by atoms with Gasteiger partial charge in [0.25, 0.3) is 5.56 Å². The second-order valence-electron chi connectivity index (χ2n) is 5.93. The summed E-state index contributed by atoms with van der Waals surface area (Å²) in [5.74, 6) is -0.737. The van der Waals surface area contributed by atoms with Crippen molar-refractivity contribution < 1.29 is 18.0 Å². The van der Waals surface area contributed by atoms with Gasteiger partial charge in [-0.15, -0.1) is 0 Å². The minimum atomic E-state index is -3.86. The van der Waals surface area contributed by atoms with Gasteiger partial charge < -0.3 is 15.2 Å². The van der Waals surface area contributed by atoms with E-state index in [1.165, 1.54) is 33.7 Å². The van der Waals surface area contributed by atoms with Crippen LogP contribution in [0.15, 0.2) is 42.0 Å². The van der Waals surface area contributed by atoms with Crippen molar-refractivity contribution in [2.75, 3.05) is 32.7 Å². The third-order valence-corrected chi connectivity index (χ3v) is 6.19. The monoisotopic (exact) mass is 393 g/mol. The van der Waals surface area contributed by atoms with E-state index in [1.54, 1.807) is 0 Å². The van der Waals surface area contributed by atoms with Gasteiger partial charge in [-0.25, -0.2) is 3.97 Å². The van der Waals surface area contributed by atoms with Crippen LogP contribution >= 0.6 is 0 Å². The summed E-state index contributed by atoms with van der Waals surface area (Å²) in [6.45, 7) is 3.80. The Labute approximate surface area is 155 Å². The predicted molar refractivity (Wildman–Crippen MR) is 98.2 cm³/mol. The molecule has 10 nitrogen and oxygen atoms in total. The van der Waals surface area contributed by atoms with Gasteiger partial charge in [0.1, 0.15) is 0 Å². The molecule has 27 heavy (non-hydrogen) atoms. The molecule has 0 radical (unpaired) electrons.